The Morgan fingerprint density at radius 3 is 2.48 bits per heavy atom. The summed E-state index contributed by atoms with van der Waals surface area (Å²) in [6, 6.07) is 13.7. The molecule has 0 spiro atoms. The molecule has 21 heavy (non-hydrogen) atoms. The lowest BCUT2D eigenvalue weighted by Gasteiger charge is -2.07. The maximum absolute atomic E-state index is 13.7. The number of nitrogens with zero attached hydrogens (tertiary/aromatic N) is 2. The molecule has 0 radical (unpaired) electrons. The molecule has 5 heteroatoms. The zero-order chi connectivity index (χ0) is 14.7. The van der Waals surface area contributed by atoms with Gasteiger partial charge in [-0.05, 0) is 24.3 Å². The van der Waals surface area contributed by atoms with Crippen LogP contribution in [0.2, 0.25) is 0 Å². The van der Waals surface area contributed by atoms with E-state index in [2.05, 4.69) is 5.10 Å². The summed E-state index contributed by atoms with van der Waals surface area (Å²) in [6.45, 7) is 0. The standard InChI is InChI=1S/C16H13FN2O2/c1-20-15-8-4-5-9-16(15)21-12-10-18-19(11-12)14-7-3-2-6-13(14)17/h2-11H,1H3. The van der Waals surface area contributed by atoms with Gasteiger partial charge in [-0.3, -0.25) is 0 Å². The van der Waals surface area contributed by atoms with Gasteiger partial charge in [-0.2, -0.15) is 5.10 Å². The van der Waals surface area contributed by atoms with Gasteiger partial charge >= 0.3 is 0 Å². The fraction of sp³-hybridized carbons (Fsp3) is 0.0625. The van der Waals surface area contributed by atoms with Crippen LogP contribution in [-0.4, -0.2) is 16.9 Å². The van der Waals surface area contributed by atoms with E-state index in [9.17, 15) is 4.39 Å². The van der Waals surface area contributed by atoms with Crippen molar-refractivity contribution in [1.29, 1.82) is 0 Å². The maximum atomic E-state index is 13.7. The predicted octanol–water partition coefficient (Wildman–Crippen LogP) is 3.81. The minimum absolute atomic E-state index is 0.343. The molecule has 0 aliphatic carbocycles. The van der Waals surface area contributed by atoms with Crippen molar-refractivity contribution in [3.05, 3.63) is 66.7 Å². The molecule has 0 saturated heterocycles. The first-order chi connectivity index (χ1) is 10.3. The van der Waals surface area contributed by atoms with Crippen molar-refractivity contribution >= 4 is 0 Å². The van der Waals surface area contributed by atoms with Gasteiger partial charge in [0, 0.05) is 0 Å². The lowest BCUT2D eigenvalue weighted by Crippen LogP contribution is -1.97. The van der Waals surface area contributed by atoms with Gasteiger partial charge < -0.3 is 9.47 Å². The summed E-state index contributed by atoms with van der Waals surface area (Å²) in [6.07, 6.45) is 3.14. The molecular weight excluding hydrogens is 271 g/mol. The van der Waals surface area contributed by atoms with E-state index in [0.717, 1.165) is 0 Å². The minimum Gasteiger partial charge on any atom is -0.493 e. The summed E-state index contributed by atoms with van der Waals surface area (Å²) in [5.74, 6) is 1.36. The Hall–Kier alpha value is -2.82. The first-order valence-electron chi connectivity index (χ1n) is 6.38. The average molecular weight is 284 g/mol. The monoisotopic (exact) mass is 284 g/mol. The van der Waals surface area contributed by atoms with Gasteiger partial charge in [0.05, 0.1) is 19.5 Å². The normalized spacial score (nSPS) is 10.4. The quantitative estimate of drug-likeness (QED) is 0.731. The Balaban J connectivity index is 1.87. The van der Waals surface area contributed by atoms with E-state index in [1.54, 1.807) is 43.6 Å². The van der Waals surface area contributed by atoms with Gasteiger partial charge in [-0.1, -0.05) is 24.3 Å². The molecule has 106 valence electrons. The number of methoxy groups -OCH3 is 1. The van der Waals surface area contributed by atoms with Crippen molar-refractivity contribution in [3.63, 3.8) is 0 Å². The van der Waals surface area contributed by atoms with Gasteiger partial charge in [-0.15, -0.1) is 0 Å². The smallest absolute Gasteiger partial charge is 0.169 e. The first-order valence-corrected chi connectivity index (χ1v) is 6.38. The van der Waals surface area contributed by atoms with Crippen LogP contribution in [0.25, 0.3) is 5.69 Å². The van der Waals surface area contributed by atoms with Crippen LogP contribution in [0.4, 0.5) is 4.39 Å². The molecule has 0 N–H and O–H groups in total. The number of rotatable bonds is 4. The third kappa shape index (κ3) is 2.72. The second-order valence-electron chi connectivity index (χ2n) is 4.32. The largest absolute Gasteiger partial charge is 0.493 e. The lowest BCUT2D eigenvalue weighted by atomic mass is 10.3. The molecule has 0 bridgehead atoms. The number of para-hydroxylation sites is 3. The second-order valence-corrected chi connectivity index (χ2v) is 4.32. The van der Waals surface area contributed by atoms with Crippen LogP contribution in [-0.2, 0) is 0 Å². The van der Waals surface area contributed by atoms with Crippen LogP contribution in [0, 0.1) is 5.82 Å². The van der Waals surface area contributed by atoms with Crippen molar-refractivity contribution < 1.29 is 13.9 Å². The maximum Gasteiger partial charge on any atom is 0.169 e. The van der Waals surface area contributed by atoms with E-state index in [1.165, 1.54) is 16.9 Å². The van der Waals surface area contributed by atoms with E-state index in [0.29, 0.717) is 22.9 Å². The Bertz CT molecular complexity index is 755. The number of aromatic nitrogens is 2. The van der Waals surface area contributed by atoms with E-state index in [4.69, 9.17) is 9.47 Å². The van der Waals surface area contributed by atoms with E-state index < -0.39 is 0 Å². The van der Waals surface area contributed by atoms with Crippen LogP contribution >= 0.6 is 0 Å². The third-order valence-electron chi connectivity index (χ3n) is 2.96. The molecule has 3 aromatic rings. The topological polar surface area (TPSA) is 36.3 Å². The summed E-state index contributed by atoms with van der Waals surface area (Å²) >= 11 is 0. The highest BCUT2D eigenvalue weighted by Crippen LogP contribution is 2.31. The highest BCUT2D eigenvalue weighted by Gasteiger charge is 2.09. The lowest BCUT2D eigenvalue weighted by molar-refractivity contribution is 0.379. The zero-order valence-corrected chi connectivity index (χ0v) is 11.4. The van der Waals surface area contributed by atoms with E-state index in [1.807, 2.05) is 12.1 Å². The van der Waals surface area contributed by atoms with Crippen molar-refractivity contribution in [2.24, 2.45) is 0 Å². The van der Waals surface area contributed by atoms with Gasteiger partial charge in [0.2, 0.25) is 0 Å². The number of hydrogen-bond acceptors (Lipinski definition) is 3. The van der Waals surface area contributed by atoms with Crippen molar-refractivity contribution in [3.8, 4) is 22.9 Å². The van der Waals surface area contributed by atoms with Crippen LogP contribution in [0.1, 0.15) is 0 Å². The van der Waals surface area contributed by atoms with Crippen LogP contribution in [0.3, 0.4) is 0 Å². The van der Waals surface area contributed by atoms with E-state index >= 15 is 0 Å². The Morgan fingerprint density at radius 1 is 1.00 bits per heavy atom. The third-order valence-corrected chi connectivity index (χ3v) is 2.96. The molecule has 0 atom stereocenters. The van der Waals surface area contributed by atoms with E-state index in [-0.39, 0.29) is 5.82 Å². The van der Waals surface area contributed by atoms with Gasteiger partial charge in [0.25, 0.3) is 0 Å². The highest BCUT2D eigenvalue weighted by atomic mass is 19.1. The number of benzene rings is 2. The molecule has 0 saturated carbocycles. The van der Waals surface area contributed by atoms with Crippen molar-refractivity contribution in [2.75, 3.05) is 7.11 Å². The molecule has 0 amide bonds. The van der Waals surface area contributed by atoms with Gasteiger partial charge in [-0.25, -0.2) is 9.07 Å². The molecule has 0 unspecified atom stereocenters. The molecule has 1 heterocycles. The fourth-order valence-electron chi connectivity index (χ4n) is 1.96. The second kappa shape index (κ2) is 5.66. The predicted molar refractivity (Wildman–Crippen MR) is 76.6 cm³/mol. The van der Waals surface area contributed by atoms with Crippen molar-refractivity contribution in [1.82, 2.24) is 9.78 Å². The highest BCUT2D eigenvalue weighted by molar-refractivity contribution is 5.42. The van der Waals surface area contributed by atoms with Gasteiger partial charge in [0.15, 0.2) is 17.2 Å². The van der Waals surface area contributed by atoms with Crippen molar-refractivity contribution in [2.45, 2.75) is 0 Å². The Morgan fingerprint density at radius 2 is 1.71 bits per heavy atom. The van der Waals surface area contributed by atoms with Crippen LogP contribution < -0.4 is 9.47 Å². The SMILES string of the molecule is COc1ccccc1Oc1cnn(-c2ccccc2F)c1. The zero-order valence-electron chi connectivity index (χ0n) is 11.4. The molecule has 2 aromatic carbocycles. The van der Waals surface area contributed by atoms with Crippen LogP contribution in [0.15, 0.2) is 60.9 Å². The number of halogens is 1. The summed E-state index contributed by atoms with van der Waals surface area (Å²) < 4.78 is 26.1. The first kappa shape index (κ1) is 13.2. The summed E-state index contributed by atoms with van der Waals surface area (Å²) in [7, 11) is 1.57. The summed E-state index contributed by atoms with van der Waals surface area (Å²) in [4.78, 5) is 0. The average Bonchev–Trinajstić information content (AvgIpc) is 2.96. The molecule has 0 fully saturated rings. The minimum atomic E-state index is -0.343. The molecule has 0 aliphatic heterocycles. The molecule has 1 aromatic heterocycles. The molecule has 0 aliphatic rings. The summed E-state index contributed by atoms with van der Waals surface area (Å²) in [5, 5.41) is 4.11. The molecular formula is C16H13FN2O2. The Labute approximate surface area is 121 Å². The fourth-order valence-corrected chi connectivity index (χ4v) is 1.96. The molecule has 3 rings (SSSR count). The van der Waals surface area contributed by atoms with Crippen LogP contribution in [0.5, 0.6) is 17.2 Å². The van der Waals surface area contributed by atoms with Gasteiger partial charge in [0.1, 0.15) is 11.5 Å². The molecule has 4 nitrogen and oxygen atoms in total. The number of hydrogen-bond donors (Lipinski definition) is 0. The Kier molecular flexibility index (Phi) is 3.55. The summed E-state index contributed by atoms with van der Waals surface area (Å²) in [5.41, 5.74) is 0.368. The number of ether oxygens (including phenoxy) is 2.